The highest BCUT2D eigenvalue weighted by Crippen LogP contribution is 2.26. The second-order valence-corrected chi connectivity index (χ2v) is 3.95. The maximum atomic E-state index is 11.6. The lowest BCUT2D eigenvalue weighted by molar-refractivity contribution is -0.384. The largest absolute Gasteiger partial charge is 0.330 e. The minimum atomic E-state index is -0.557. The molecule has 0 aromatic heterocycles. The number of halogens is 1. The number of nitrogens with one attached hydrogen (secondary N) is 1. The second kappa shape index (κ2) is 5.60. The molecule has 0 saturated heterocycles. The second-order valence-electron chi connectivity index (χ2n) is 3.55. The molecule has 1 atom stereocenters. The summed E-state index contributed by atoms with van der Waals surface area (Å²) in [5, 5.41) is 13.3. The highest BCUT2D eigenvalue weighted by Gasteiger charge is 2.15. The Bertz CT molecular complexity index is 450. The topological polar surface area (TPSA) is 98.3 Å². The summed E-state index contributed by atoms with van der Waals surface area (Å²) in [5.41, 5.74) is 5.42. The van der Waals surface area contributed by atoms with Gasteiger partial charge in [0.2, 0.25) is 5.91 Å². The van der Waals surface area contributed by atoms with Crippen LogP contribution in [0, 0.1) is 16.0 Å². The van der Waals surface area contributed by atoms with Crippen LogP contribution in [0.4, 0.5) is 11.4 Å². The van der Waals surface area contributed by atoms with Crippen molar-refractivity contribution >= 4 is 28.9 Å². The lowest BCUT2D eigenvalue weighted by Gasteiger charge is -2.10. The van der Waals surface area contributed by atoms with Crippen molar-refractivity contribution in [2.75, 3.05) is 11.9 Å². The van der Waals surface area contributed by atoms with E-state index in [2.05, 4.69) is 5.32 Å². The summed E-state index contributed by atoms with van der Waals surface area (Å²) in [6.07, 6.45) is 0. The SMILES string of the molecule is CC(CN)C(=O)Nc1cc([N+](=O)[O-])ccc1Cl. The number of carbonyl (C=O) groups is 1. The van der Waals surface area contributed by atoms with Crippen LogP contribution in [0.25, 0.3) is 0 Å². The molecular formula is C10H12ClN3O3. The number of non-ortho nitro benzene ring substituents is 1. The van der Waals surface area contributed by atoms with E-state index in [4.69, 9.17) is 17.3 Å². The van der Waals surface area contributed by atoms with Gasteiger partial charge in [0.25, 0.3) is 5.69 Å². The van der Waals surface area contributed by atoms with Crippen molar-refractivity contribution in [2.24, 2.45) is 11.7 Å². The molecule has 0 spiro atoms. The number of amides is 1. The van der Waals surface area contributed by atoms with E-state index in [1.165, 1.54) is 18.2 Å². The summed E-state index contributed by atoms with van der Waals surface area (Å²) in [6.45, 7) is 1.85. The minimum Gasteiger partial charge on any atom is -0.330 e. The van der Waals surface area contributed by atoms with Gasteiger partial charge in [-0.05, 0) is 6.07 Å². The Morgan fingerprint density at radius 1 is 1.65 bits per heavy atom. The Labute approximate surface area is 103 Å². The highest BCUT2D eigenvalue weighted by atomic mass is 35.5. The van der Waals surface area contributed by atoms with Crippen LogP contribution in [-0.4, -0.2) is 17.4 Å². The number of hydrogen-bond donors (Lipinski definition) is 2. The minimum absolute atomic E-state index is 0.134. The standard InChI is InChI=1S/C10H12ClN3O3/c1-6(5-12)10(15)13-9-4-7(14(16)17)2-3-8(9)11/h2-4,6H,5,12H2,1H3,(H,13,15). The Kier molecular flexibility index (Phi) is 4.42. The van der Waals surface area contributed by atoms with Gasteiger partial charge in [-0.15, -0.1) is 0 Å². The van der Waals surface area contributed by atoms with Crippen LogP contribution in [0.3, 0.4) is 0 Å². The molecule has 1 unspecified atom stereocenters. The van der Waals surface area contributed by atoms with E-state index < -0.39 is 4.92 Å². The van der Waals surface area contributed by atoms with E-state index in [0.717, 1.165) is 0 Å². The van der Waals surface area contributed by atoms with E-state index in [-0.39, 0.29) is 34.8 Å². The zero-order chi connectivity index (χ0) is 13.0. The summed E-state index contributed by atoms with van der Waals surface area (Å²) < 4.78 is 0. The van der Waals surface area contributed by atoms with E-state index in [1.807, 2.05) is 0 Å². The van der Waals surface area contributed by atoms with Crippen LogP contribution >= 0.6 is 11.6 Å². The number of nitro benzene ring substituents is 1. The van der Waals surface area contributed by atoms with Crippen LogP contribution in [0.2, 0.25) is 5.02 Å². The Morgan fingerprint density at radius 2 is 2.29 bits per heavy atom. The predicted octanol–water partition coefficient (Wildman–Crippen LogP) is 1.78. The van der Waals surface area contributed by atoms with Crippen molar-refractivity contribution < 1.29 is 9.72 Å². The van der Waals surface area contributed by atoms with Crippen molar-refractivity contribution in [2.45, 2.75) is 6.92 Å². The Hall–Kier alpha value is -1.66. The number of nitrogens with two attached hydrogens (primary N) is 1. The lowest BCUT2D eigenvalue weighted by Crippen LogP contribution is -2.26. The number of nitrogens with zero attached hydrogens (tertiary/aromatic N) is 1. The van der Waals surface area contributed by atoms with Crippen molar-refractivity contribution in [3.63, 3.8) is 0 Å². The van der Waals surface area contributed by atoms with Crippen LogP contribution in [0.1, 0.15) is 6.92 Å². The number of hydrogen-bond acceptors (Lipinski definition) is 4. The summed E-state index contributed by atoms with van der Waals surface area (Å²) in [6, 6.07) is 3.84. The first-order valence-corrected chi connectivity index (χ1v) is 5.28. The molecule has 1 aromatic carbocycles. The van der Waals surface area contributed by atoms with Crippen LogP contribution in [-0.2, 0) is 4.79 Å². The number of anilines is 1. The predicted molar refractivity (Wildman–Crippen MR) is 65.0 cm³/mol. The van der Waals surface area contributed by atoms with Gasteiger partial charge < -0.3 is 11.1 Å². The van der Waals surface area contributed by atoms with Gasteiger partial charge in [-0.1, -0.05) is 18.5 Å². The summed E-state index contributed by atoms with van der Waals surface area (Å²) in [4.78, 5) is 21.6. The monoisotopic (exact) mass is 257 g/mol. The zero-order valence-electron chi connectivity index (χ0n) is 9.14. The summed E-state index contributed by atoms with van der Waals surface area (Å²) in [7, 11) is 0. The zero-order valence-corrected chi connectivity index (χ0v) is 9.90. The molecule has 0 heterocycles. The molecule has 0 radical (unpaired) electrons. The van der Waals surface area contributed by atoms with Crippen molar-refractivity contribution in [3.8, 4) is 0 Å². The fourth-order valence-corrected chi connectivity index (χ4v) is 1.25. The average Bonchev–Trinajstić information content (AvgIpc) is 2.30. The summed E-state index contributed by atoms with van der Waals surface area (Å²) in [5.74, 6) is -0.708. The lowest BCUT2D eigenvalue weighted by atomic mass is 10.1. The number of rotatable bonds is 4. The van der Waals surface area contributed by atoms with Gasteiger partial charge in [0.15, 0.2) is 0 Å². The Balaban J connectivity index is 2.94. The van der Waals surface area contributed by atoms with Crippen molar-refractivity contribution in [1.29, 1.82) is 0 Å². The van der Waals surface area contributed by atoms with Crippen molar-refractivity contribution in [3.05, 3.63) is 33.3 Å². The fourth-order valence-electron chi connectivity index (χ4n) is 1.09. The molecule has 0 saturated carbocycles. The number of nitro groups is 1. The number of carbonyl (C=O) groups excluding carboxylic acids is 1. The summed E-state index contributed by atoms with van der Waals surface area (Å²) >= 11 is 5.82. The third kappa shape index (κ3) is 3.40. The molecule has 3 N–H and O–H groups in total. The molecule has 6 nitrogen and oxygen atoms in total. The fraction of sp³-hybridized carbons (Fsp3) is 0.300. The van der Waals surface area contributed by atoms with E-state index in [9.17, 15) is 14.9 Å². The van der Waals surface area contributed by atoms with Gasteiger partial charge in [0, 0.05) is 24.6 Å². The third-order valence-electron chi connectivity index (χ3n) is 2.22. The van der Waals surface area contributed by atoms with Gasteiger partial charge in [-0.3, -0.25) is 14.9 Å². The molecule has 92 valence electrons. The van der Waals surface area contributed by atoms with Crippen LogP contribution < -0.4 is 11.1 Å². The highest BCUT2D eigenvalue weighted by molar-refractivity contribution is 6.33. The van der Waals surface area contributed by atoms with E-state index in [0.29, 0.717) is 0 Å². The first-order chi connectivity index (χ1) is 7.95. The number of benzene rings is 1. The van der Waals surface area contributed by atoms with Crippen molar-refractivity contribution in [1.82, 2.24) is 0 Å². The first-order valence-electron chi connectivity index (χ1n) is 4.90. The van der Waals surface area contributed by atoms with Gasteiger partial charge >= 0.3 is 0 Å². The van der Waals surface area contributed by atoms with Gasteiger partial charge in [0.05, 0.1) is 15.6 Å². The molecular weight excluding hydrogens is 246 g/mol. The maximum Gasteiger partial charge on any atom is 0.271 e. The van der Waals surface area contributed by atoms with Gasteiger partial charge in [-0.25, -0.2) is 0 Å². The van der Waals surface area contributed by atoms with Crippen LogP contribution in [0.5, 0.6) is 0 Å². The molecule has 0 aliphatic rings. The van der Waals surface area contributed by atoms with E-state index >= 15 is 0 Å². The molecule has 1 amide bonds. The molecule has 7 heteroatoms. The maximum absolute atomic E-state index is 11.6. The van der Waals surface area contributed by atoms with Crippen LogP contribution in [0.15, 0.2) is 18.2 Å². The molecule has 0 fully saturated rings. The third-order valence-corrected chi connectivity index (χ3v) is 2.55. The van der Waals surface area contributed by atoms with E-state index in [1.54, 1.807) is 6.92 Å². The molecule has 1 rings (SSSR count). The normalized spacial score (nSPS) is 11.9. The van der Waals surface area contributed by atoms with Gasteiger partial charge in [0.1, 0.15) is 0 Å². The average molecular weight is 258 g/mol. The molecule has 0 aliphatic heterocycles. The first kappa shape index (κ1) is 13.4. The van der Waals surface area contributed by atoms with Gasteiger partial charge in [-0.2, -0.15) is 0 Å². The molecule has 0 bridgehead atoms. The molecule has 17 heavy (non-hydrogen) atoms. The quantitative estimate of drug-likeness (QED) is 0.634. The molecule has 1 aromatic rings. The smallest absolute Gasteiger partial charge is 0.271 e. The Morgan fingerprint density at radius 3 is 2.82 bits per heavy atom. The molecule has 0 aliphatic carbocycles.